The molecule has 0 amide bonds. The van der Waals surface area contributed by atoms with Crippen LogP contribution in [0.3, 0.4) is 0 Å². The van der Waals surface area contributed by atoms with Gasteiger partial charge in [0.1, 0.15) is 0 Å². The zero-order valence-corrected chi connectivity index (χ0v) is 34.6. The summed E-state index contributed by atoms with van der Waals surface area (Å²) in [7, 11) is -11.7. The molecule has 0 aliphatic heterocycles. The summed E-state index contributed by atoms with van der Waals surface area (Å²) in [6, 6.07) is 0. The Morgan fingerprint density at radius 2 is 0.273 bits per heavy atom. The minimum atomic E-state index is -2.92. The topological polar surface area (TPSA) is 277 Å². The molecule has 0 aromatic carbocycles. The van der Waals surface area contributed by atoms with Crippen LogP contribution >= 0.6 is 0 Å². The summed E-state index contributed by atoms with van der Waals surface area (Å²) in [5, 5.41) is 101. The minimum absolute atomic E-state index is 0. The Labute approximate surface area is 248 Å². The quantitative estimate of drug-likeness (QED) is 0.205. The van der Waals surface area contributed by atoms with Crippen molar-refractivity contribution in [3.63, 3.8) is 0 Å². The van der Waals surface area contributed by atoms with Gasteiger partial charge in [-0.2, -0.15) is 0 Å². The SMILES string of the molecule is [Cd+2].[Cd+2].[Cd+2].[O-]B([O-])[O-].[O-]B([O-])[O-].[O-]B([O-])[O-].[O-]B([O-])[O-].[Pb+2].[Pb+2].[Pb+2]. The fourth-order valence-corrected chi connectivity index (χ4v) is 0. The van der Waals surface area contributed by atoms with Crippen molar-refractivity contribution in [2.45, 2.75) is 0 Å². The van der Waals surface area contributed by atoms with E-state index < -0.39 is 29.3 Å². The predicted octanol–water partition coefficient (Wildman–Crippen LogP) is -16.9. The summed E-state index contributed by atoms with van der Waals surface area (Å²) in [6.07, 6.45) is 0. The summed E-state index contributed by atoms with van der Waals surface area (Å²) in [6.45, 7) is 0. The number of hydrogen-bond acceptors (Lipinski definition) is 12. The first-order chi connectivity index (χ1) is 6.93. The molecular weight excluding hydrogens is 1190 g/mol. The van der Waals surface area contributed by atoms with Gasteiger partial charge in [-0.1, -0.05) is 0 Å². The van der Waals surface area contributed by atoms with Gasteiger partial charge in [-0.05, 0) is 0 Å². The fraction of sp³-hybridized carbons (Fsp3) is 0. The molecule has 0 heterocycles. The Morgan fingerprint density at radius 1 is 0.273 bits per heavy atom. The summed E-state index contributed by atoms with van der Waals surface area (Å²) in [4.78, 5) is 0. The summed E-state index contributed by atoms with van der Waals surface area (Å²) in [5.74, 6) is 0. The Kier molecular flexibility index (Phi) is 161. The molecule has 0 rings (SSSR count). The van der Waals surface area contributed by atoms with Crippen molar-refractivity contribution < 1.29 is 142 Å². The zero-order valence-electron chi connectivity index (χ0n) is 10.8. The van der Waals surface area contributed by atoms with Crippen LogP contribution in [0.1, 0.15) is 0 Å². The van der Waals surface area contributed by atoms with Crippen LogP contribution < -0.4 is 60.3 Å². The predicted molar refractivity (Wildman–Crippen MR) is 40.3 cm³/mol. The van der Waals surface area contributed by atoms with E-state index in [1.54, 1.807) is 0 Å². The fourth-order valence-electron chi connectivity index (χ4n) is 0. The van der Waals surface area contributed by atoms with Gasteiger partial charge < -0.3 is 60.3 Å². The van der Waals surface area contributed by atoms with E-state index in [2.05, 4.69) is 0 Å². The molecule has 22 heteroatoms. The Balaban J connectivity index is -0.00000001000. The van der Waals surface area contributed by atoms with E-state index in [1.807, 2.05) is 0 Å². The zero-order chi connectivity index (χ0) is 14.3. The molecule has 6 radical (unpaired) electrons. The Hall–Kier alpha value is 5.31. The molecule has 0 aromatic rings. The van der Waals surface area contributed by atoms with Crippen LogP contribution in [0.4, 0.5) is 0 Å². The third-order valence-electron chi connectivity index (χ3n) is 0. The van der Waals surface area contributed by atoms with E-state index in [1.165, 1.54) is 0 Å². The van der Waals surface area contributed by atoms with E-state index in [0.29, 0.717) is 0 Å². The molecule has 102 valence electrons. The third kappa shape index (κ3) is 530. The first-order valence-corrected chi connectivity index (χ1v) is 2.83. The van der Waals surface area contributed by atoms with E-state index >= 15 is 0 Å². The smallest absolute Gasteiger partial charge is 0.907 e. The van der Waals surface area contributed by atoms with Crippen LogP contribution in [0, 0.1) is 0 Å². The standard InChI is InChI=1S/4BO3.3Cd.3Pb/c4*2-1(3)4;;;;;;/q4*-3;6*+2. The van der Waals surface area contributed by atoms with Crippen molar-refractivity contribution >= 4 is 111 Å². The van der Waals surface area contributed by atoms with Gasteiger partial charge in [0.25, 0.3) is 0 Å². The minimum Gasteiger partial charge on any atom is -0.907 e. The van der Waals surface area contributed by atoms with Crippen molar-refractivity contribution in [3.05, 3.63) is 0 Å². The molecule has 0 saturated heterocycles. The summed E-state index contributed by atoms with van der Waals surface area (Å²) >= 11 is 0. The number of hydrogen-bond donors (Lipinski definition) is 0. The monoisotopic (exact) mass is 1200 g/mol. The first kappa shape index (κ1) is 63.1. The van der Waals surface area contributed by atoms with Crippen LogP contribution in [-0.2, 0) is 81.9 Å². The summed E-state index contributed by atoms with van der Waals surface area (Å²) < 4.78 is 0. The van der Waals surface area contributed by atoms with E-state index in [0.717, 1.165) is 0 Å². The Bertz CT molecular complexity index is 80.6. The second kappa shape index (κ2) is 56.2. The van der Waals surface area contributed by atoms with Gasteiger partial charge in [-0.15, -0.1) is 0 Å². The molecular formula is B4Cd3O12Pb3. The largest absolute Gasteiger partial charge is 2.00 e. The molecule has 0 saturated carbocycles. The average Bonchev–Trinajstić information content (AvgIpc) is 1.76. The maximum atomic E-state index is 8.42. The van der Waals surface area contributed by atoms with Gasteiger partial charge in [0.05, 0.1) is 0 Å². The molecule has 0 atom stereocenters. The number of rotatable bonds is 0. The average molecular weight is 1190 g/mol. The maximum Gasteiger partial charge on any atom is 2.00 e. The molecule has 0 fully saturated rings. The molecule has 0 spiro atoms. The van der Waals surface area contributed by atoms with Gasteiger partial charge in [0.15, 0.2) is 0 Å². The van der Waals surface area contributed by atoms with Crippen molar-refractivity contribution in [2.24, 2.45) is 0 Å². The van der Waals surface area contributed by atoms with Crippen LogP contribution in [0.15, 0.2) is 0 Å². The second-order valence-corrected chi connectivity index (χ2v) is 1.15. The van der Waals surface area contributed by atoms with Crippen LogP contribution in [0.2, 0.25) is 0 Å². The van der Waals surface area contributed by atoms with Crippen LogP contribution in [-0.4, -0.2) is 111 Å². The van der Waals surface area contributed by atoms with Crippen LogP contribution in [0.25, 0.3) is 0 Å². The normalized spacial score (nSPS) is 4.91. The molecule has 0 N–H and O–H groups in total. The third-order valence-corrected chi connectivity index (χ3v) is 0. The van der Waals surface area contributed by atoms with Crippen molar-refractivity contribution in [1.82, 2.24) is 0 Å². The van der Waals surface area contributed by atoms with E-state index in [9.17, 15) is 0 Å². The maximum absolute atomic E-state index is 8.42. The second-order valence-electron chi connectivity index (χ2n) is 1.15. The molecule has 0 aliphatic carbocycles. The van der Waals surface area contributed by atoms with Gasteiger partial charge in [-0.25, -0.2) is 0 Å². The molecule has 0 bridgehead atoms. The summed E-state index contributed by atoms with van der Waals surface area (Å²) in [5.41, 5.74) is 0. The van der Waals surface area contributed by atoms with E-state index in [4.69, 9.17) is 60.3 Å². The van der Waals surface area contributed by atoms with Gasteiger partial charge >= 0.3 is 164 Å². The molecule has 12 nitrogen and oxygen atoms in total. The van der Waals surface area contributed by atoms with E-state index in [-0.39, 0.29) is 164 Å². The van der Waals surface area contributed by atoms with Crippen molar-refractivity contribution in [1.29, 1.82) is 0 Å². The van der Waals surface area contributed by atoms with Gasteiger partial charge in [0, 0.05) is 0 Å². The van der Waals surface area contributed by atoms with Crippen LogP contribution in [0.5, 0.6) is 0 Å². The molecule has 0 aromatic heterocycles. The molecule has 0 aliphatic rings. The van der Waals surface area contributed by atoms with Crippen molar-refractivity contribution in [3.8, 4) is 0 Å². The van der Waals surface area contributed by atoms with Crippen molar-refractivity contribution in [2.75, 3.05) is 0 Å². The molecule has 22 heavy (non-hydrogen) atoms. The molecule has 0 unspecified atom stereocenters. The van der Waals surface area contributed by atoms with Gasteiger partial charge in [-0.3, -0.25) is 29.3 Å². The first-order valence-electron chi connectivity index (χ1n) is 2.83. The van der Waals surface area contributed by atoms with Gasteiger partial charge in [0.2, 0.25) is 0 Å². The Morgan fingerprint density at radius 3 is 0.273 bits per heavy atom.